The van der Waals surface area contributed by atoms with Crippen LogP contribution in [0.4, 0.5) is 0 Å². The first-order valence-electron chi connectivity index (χ1n) is 6.26. The van der Waals surface area contributed by atoms with Crippen LogP contribution in [0, 0.1) is 0 Å². The Bertz CT molecular complexity index is 602. The Morgan fingerprint density at radius 1 is 1.39 bits per heavy atom. The molecule has 1 atom stereocenters. The summed E-state index contributed by atoms with van der Waals surface area (Å²) >= 11 is 0. The van der Waals surface area contributed by atoms with E-state index in [1.165, 1.54) is 4.68 Å². The Morgan fingerprint density at radius 2 is 2.28 bits per heavy atom. The van der Waals surface area contributed by atoms with E-state index in [-0.39, 0.29) is 11.7 Å². The first-order valence-corrected chi connectivity index (χ1v) is 6.26. The van der Waals surface area contributed by atoms with Crippen LogP contribution in [-0.4, -0.2) is 44.8 Å². The molecule has 0 radical (unpaired) electrons. The third-order valence-corrected chi connectivity index (χ3v) is 3.43. The van der Waals surface area contributed by atoms with Crippen LogP contribution in [0.15, 0.2) is 29.2 Å². The zero-order chi connectivity index (χ0) is 12.5. The summed E-state index contributed by atoms with van der Waals surface area (Å²) in [6, 6.07) is 5.83. The van der Waals surface area contributed by atoms with Gasteiger partial charge in [0.05, 0.1) is 6.54 Å². The summed E-state index contributed by atoms with van der Waals surface area (Å²) in [4.78, 5) is 14.3. The molecule has 6 nitrogen and oxygen atoms in total. The third-order valence-electron chi connectivity index (χ3n) is 3.43. The molecule has 0 bridgehead atoms. The lowest BCUT2D eigenvalue weighted by molar-refractivity contribution is 0.310. The highest BCUT2D eigenvalue weighted by Gasteiger charge is 2.18. The second-order valence-corrected chi connectivity index (χ2v) is 4.78. The zero-order valence-corrected chi connectivity index (χ0v) is 10.2. The number of nitrogens with zero attached hydrogens (tertiary/aromatic N) is 4. The van der Waals surface area contributed by atoms with Crippen LogP contribution in [0.2, 0.25) is 0 Å². The van der Waals surface area contributed by atoms with E-state index in [1.54, 1.807) is 10.6 Å². The van der Waals surface area contributed by atoms with E-state index >= 15 is 0 Å². The van der Waals surface area contributed by atoms with E-state index in [4.69, 9.17) is 5.73 Å². The molecule has 3 rings (SSSR count). The van der Waals surface area contributed by atoms with Crippen molar-refractivity contribution in [2.45, 2.75) is 19.0 Å². The highest BCUT2D eigenvalue weighted by atomic mass is 16.2. The molecule has 96 valence electrons. The van der Waals surface area contributed by atoms with Gasteiger partial charge >= 0.3 is 5.69 Å². The fourth-order valence-corrected chi connectivity index (χ4v) is 2.42. The molecule has 3 heterocycles. The first kappa shape index (κ1) is 11.4. The molecule has 0 aliphatic carbocycles. The van der Waals surface area contributed by atoms with Crippen LogP contribution in [0.1, 0.15) is 6.42 Å². The molecule has 0 unspecified atom stereocenters. The molecule has 6 heteroatoms. The monoisotopic (exact) mass is 247 g/mol. The molecule has 1 fully saturated rings. The normalized spacial score (nSPS) is 20.8. The quantitative estimate of drug-likeness (QED) is 0.796. The van der Waals surface area contributed by atoms with E-state index in [1.807, 2.05) is 18.2 Å². The van der Waals surface area contributed by atoms with Crippen LogP contribution < -0.4 is 11.4 Å². The second-order valence-electron chi connectivity index (χ2n) is 4.78. The van der Waals surface area contributed by atoms with Gasteiger partial charge < -0.3 is 5.73 Å². The van der Waals surface area contributed by atoms with E-state index in [2.05, 4.69) is 10.00 Å². The van der Waals surface area contributed by atoms with Crippen molar-refractivity contribution in [1.82, 2.24) is 19.1 Å². The minimum Gasteiger partial charge on any atom is -0.326 e. The maximum absolute atomic E-state index is 12.0. The van der Waals surface area contributed by atoms with Crippen LogP contribution in [0.3, 0.4) is 0 Å². The first-order chi connectivity index (χ1) is 8.74. The summed E-state index contributed by atoms with van der Waals surface area (Å²) in [5.41, 5.74) is 6.48. The standard InChI is InChI=1S/C12H17N5O/c13-10-4-6-15(9-10)7-8-17-12(18)16-5-2-1-3-11(16)14-17/h1-3,5,10H,4,6-9,13H2/t10-/m1/s1. The highest BCUT2D eigenvalue weighted by Crippen LogP contribution is 2.06. The van der Waals surface area contributed by atoms with Crippen molar-refractivity contribution in [3.05, 3.63) is 34.9 Å². The van der Waals surface area contributed by atoms with Gasteiger partial charge in [0.15, 0.2) is 5.65 Å². The van der Waals surface area contributed by atoms with Crippen molar-refractivity contribution in [3.63, 3.8) is 0 Å². The number of hydrogen-bond donors (Lipinski definition) is 1. The molecule has 0 aromatic carbocycles. The fraction of sp³-hybridized carbons (Fsp3) is 0.500. The van der Waals surface area contributed by atoms with Gasteiger partial charge in [0.2, 0.25) is 0 Å². The summed E-state index contributed by atoms with van der Waals surface area (Å²) in [5.74, 6) is 0. The largest absolute Gasteiger partial charge is 0.350 e. The van der Waals surface area contributed by atoms with Crippen molar-refractivity contribution in [1.29, 1.82) is 0 Å². The predicted molar refractivity (Wildman–Crippen MR) is 68.5 cm³/mol. The Labute approximate surface area is 105 Å². The smallest absolute Gasteiger partial charge is 0.326 e. The van der Waals surface area contributed by atoms with Gasteiger partial charge in [-0.1, -0.05) is 6.07 Å². The summed E-state index contributed by atoms with van der Waals surface area (Å²) in [6.07, 6.45) is 2.78. The van der Waals surface area contributed by atoms with Crippen molar-refractivity contribution < 1.29 is 0 Å². The second kappa shape index (κ2) is 4.55. The molecule has 1 saturated heterocycles. The highest BCUT2D eigenvalue weighted by molar-refractivity contribution is 5.35. The number of pyridine rings is 1. The molecule has 2 aromatic rings. The fourth-order valence-electron chi connectivity index (χ4n) is 2.42. The molecule has 18 heavy (non-hydrogen) atoms. The van der Waals surface area contributed by atoms with Crippen molar-refractivity contribution in [2.75, 3.05) is 19.6 Å². The number of rotatable bonds is 3. The van der Waals surface area contributed by atoms with Gasteiger partial charge in [0, 0.05) is 25.3 Å². The minimum absolute atomic E-state index is 0.0749. The van der Waals surface area contributed by atoms with E-state index in [9.17, 15) is 4.79 Å². The van der Waals surface area contributed by atoms with Gasteiger partial charge in [0.25, 0.3) is 0 Å². The number of hydrogen-bond acceptors (Lipinski definition) is 4. The molecule has 2 N–H and O–H groups in total. The topological polar surface area (TPSA) is 68.6 Å². The predicted octanol–water partition coefficient (Wildman–Crippen LogP) is -0.471. The van der Waals surface area contributed by atoms with Gasteiger partial charge in [0.1, 0.15) is 0 Å². The third kappa shape index (κ3) is 2.04. The molecule has 0 amide bonds. The molecule has 1 aliphatic rings. The van der Waals surface area contributed by atoms with E-state index < -0.39 is 0 Å². The van der Waals surface area contributed by atoms with Crippen LogP contribution in [0.5, 0.6) is 0 Å². The lowest BCUT2D eigenvalue weighted by Gasteiger charge is -2.13. The Kier molecular flexibility index (Phi) is 2.89. The molecule has 0 saturated carbocycles. The maximum atomic E-state index is 12.0. The summed E-state index contributed by atoms with van der Waals surface area (Å²) in [7, 11) is 0. The minimum atomic E-state index is -0.0749. The van der Waals surface area contributed by atoms with Crippen LogP contribution >= 0.6 is 0 Å². The van der Waals surface area contributed by atoms with Crippen LogP contribution in [-0.2, 0) is 6.54 Å². The zero-order valence-electron chi connectivity index (χ0n) is 10.2. The lowest BCUT2D eigenvalue weighted by atomic mass is 10.3. The maximum Gasteiger partial charge on any atom is 0.350 e. The van der Waals surface area contributed by atoms with Crippen molar-refractivity contribution in [2.24, 2.45) is 5.73 Å². The number of nitrogens with two attached hydrogens (primary N) is 1. The molecular weight excluding hydrogens is 230 g/mol. The average molecular weight is 247 g/mol. The molecule has 1 aliphatic heterocycles. The average Bonchev–Trinajstić information content (AvgIpc) is 2.92. The Hall–Kier alpha value is -1.66. The van der Waals surface area contributed by atoms with E-state index in [0.717, 1.165) is 26.1 Å². The molecule has 2 aromatic heterocycles. The molecular formula is C12H17N5O. The van der Waals surface area contributed by atoms with Gasteiger partial charge in [-0.25, -0.2) is 9.48 Å². The number of likely N-dealkylation sites (tertiary alicyclic amines) is 1. The summed E-state index contributed by atoms with van der Waals surface area (Å²) in [5, 5.41) is 4.30. The SMILES string of the molecule is N[C@@H]1CCN(CCn2nc3ccccn3c2=O)C1. The number of fused-ring (bicyclic) bond motifs is 1. The van der Waals surface area contributed by atoms with Gasteiger partial charge in [-0.2, -0.15) is 0 Å². The molecule has 0 spiro atoms. The Balaban J connectivity index is 1.75. The van der Waals surface area contributed by atoms with Gasteiger partial charge in [-0.05, 0) is 25.1 Å². The van der Waals surface area contributed by atoms with Gasteiger partial charge in [-0.15, -0.1) is 5.10 Å². The van der Waals surface area contributed by atoms with Crippen molar-refractivity contribution >= 4 is 5.65 Å². The summed E-state index contributed by atoms with van der Waals surface area (Å²) < 4.78 is 3.09. The summed E-state index contributed by atoms with van der Waals surface area (Å²) in [6.45, 7) is 3.39. The van der Waals surface area contributed by atoms with Crippen LogP contribution in [0.25, 0.3) is 5.65 Å². The Morgan fingerprint density at radius 3 is 3.00 bits per heavy atom. The number of aromatic nitrogens is 3. The lowest BCUT2D eigenvalue weighted by Crippen LogP contribution is -2.32. The van der Waals surface area contributed by atoms with Gasteiger partial charge in [-0.3, -0.25) is 9.30 Å². The van der Waals surface area contributed by atoms with E-state index in [0.29, 0.717) is 12.2 Å². The van der Waals surface area contributed by atoms with Crippen molar-refractivity contribution in [3.8, 4) is 0 Å².